The molecule has 1 saturated heterocycles. The predicted molar refractivity (Wildman–Crippen MR) is 116 cm³/mol. The van der Waals surface area contributed by atoms with E-state index >= 15 is 0 Å². The molecule has 1 heterocycles. The van der Waals surface area contributed by atoms with Gasteiger partial charge in [0.05, 0.1) is 19.8 Å². The van der Waals surface area contributed by atoms with E-state index in [1.165, 1.54) is 0 Å². The largest absolute Gasteiger partial charge is 0.381 e. The Morgan fingerprint density at radius 3 is 2.69 bits per heavy atom. The van der Waals surface area contributed by atoms with Gasteiger partial charge in [0.15, 0.2) is 5.96 Å². The highest BCUT2D eigenvalue weighted by Crippen LogP contribution is 2.12. The van der Waals surface area contributed by atoms with Crippen molar-refractivity contribution in [2.24, 2.45) is 10.9 Å². The van der Waals surface area contributed by atoms with Crippen LogP contribution in [0.2, 0.25) is 0 Å². The van der Waals surface area contributed by atoms with Crippen LogP contribution in [0.1, 0.15) is 40.5 Å². The normalized spacial score (nSPS) is 17.6. The third kappa shape index (κ3) is 11.9. The molecule has 1 unspecified atom stereocenters. The summed E-state index contributed by atoms with van der Waals surface area (Å²) in [7, 11) is 1.88. The molecule has 0 spiro atoms. The molecule has 1 rings (SSSR count). The molecule has 26 heavy (non-hydrogen) atoms. The van der Waals surface area contributed by atoms with Crippen molar-refractivity contribution in [1.29, 1.82) is 0 Å². The van der Waals surface area contributed by atoms with Crippen LogP contribution >= 0.6 is 24.0 Å². The molecule has 0 bridgehead atoms. The minimum atomic E-state index is -0.227. The van der Waals surface area contributed by atoms with Gasteiger partial charge in [-0.05, 0) is 40.5 Å². The number of likely N-dealkylation sites (N-methyl/N-ethyl adjacent to an activating group) is 1. The summed E-state index contributed by atoms with van der Waals surface area (Å²) < 4.78 is 11.0. The number of hydrogen-bond acceptors (Lipinski definition) is 4. The molecule has 1 amide bonds. The van der Waals surface area contributed by atoms with Gasteiger partial charge >= 0.3 is 0 Å². The van der Waals surface area contributed by atoms with Crippen LogP contribution in [0, 0.1) is 5.92 Å². The Bertz CT molecular complexity index is 421. The first-order chi connectivity index (χ1) is 11.8. The number of amides is 1. The van der Waals surface area contributed by atoms with Gasteiger partial charge in [0.1, 0.15) is 0 Å². The van der Waals surface area contributed by atoms with Crippen LogP contribution in [-0.4, -0.2) is 75.4 Å². The summed E-state index contributed by atoms with van der Waals surface area (Å²) in [5.74, 6) is 1.28. The molecule has 7 nitrogen and oxygen atoms in total. The quantitative estimate of drug-likeness (QED) is 0.226. The lowest BCUT2D eigenvalue weighted by atomic mass is 10.1. The lowest BCUT2D eigenvalue weighted by Gasteiger charge is -2.25. The number of hydrogen-bond donors (Lipinski definition) is 2. The first-order valence-corrected chi connectivity index (χ1v) is 9.27. The molecule has 0 saturated carbocycles. The summed E-state index contributed by atoms with van der Waals surface area (Å²) in [5, 5.41) is 6.19. The van der Waals surface area contributed by atoms with Gasteiger partial charge in [-0.15, -0.1) is 24.0 Å². The number of aliphatic imine (C=N–C) groups is 1. The van der Waals surface area contributed by atoms with Crippen molar-refractivity contribution in [3.63, 3.8) is 0 Å². The second kappa shape index (κ2) is 13.5. The number of rotatable bonds is 9. The Kier molecular flexibility index (Phi) is 13.2. The van der Waals surface area contributed by atoms with E-state index in [2.05, 4.69) is 15.6 Å². The van der Waals surface area contributed by atoms with Gasteiger partial charge in [-0.25, -0.2) is 0 Å². The number of carbonyl (C=O) groups excluding carboxylic acids is 1. The second-order valence-corrected chi connectivity index (χ2v) is 7.55. The maximum absolute atomic E-state index is 12.1. The topological polar surface area (TPSA) is 75.2 Å². The maximum Gasteiger partial charge on any atom is 0.240 e. The molecule has 2 N–H and O–H groups in total. The van der Waals surface area contributed by atoms with Gasteiger partial charge < -0.3 is 25.0 Å². The fourth-order valence-corrected chi connectivity index (χ4v) is 2.53. The lowest BCUT2D eigenvalue weighted by molar-refractivity contribution is -0.122. The smallest absolute Gasteiger partial charge is 0.240 e. The summed E-state index contributed by atoms with van der Waals surface area (Å²) in [6.45, 7) is 12.8. The molecule has 0 aliphatic carbocycles. The van der Waals surface area contributed by atoms with Crippen LogP contribution in [0.4, 0.5) is 0 Å². The van der Waals surface area contributed by atoms with E-state index < -0.39 is 0 Å². The van der Waals surface area contributed by atoms with Gasteiger partial charge in [0, 0.05) is 44.8 Å². The minimum absolute atomic E-state index is 0. The van der Waals surface area contributed by atoms with E-state index in [0.29, 0.717) is 19.1 Å². The summed E-state index contributed by atoms with van der Waals surface area (Å²) >= 11 is 0. The van der Waals surface area contributed by atoms with Crippen molar-refractivity contribution in [3.8, 4) is 0 Å². The second-order valence-electron chi connectivity index (χ2n) is 7.55. The first kappa shape index (κ1) is 25.4. The van der Waals surface area contributed by atoms with Crippen LogP contribution < -0.4 is 10.6 Å². The van der Waals surface area contributed by atoms with Gasteiger partial charge in [0.25, 0.3) is 0 Å². The zero-order chi connectivity index (χ0) is 18.7. The van der Waals surface area contributed by atoms with E-state index in [1.807, 2.05) is 39.6 Å². The van der Waals surface area contributed by atoms with Crippen LogP contribution in [0.5, 0.6) is 0 Å². The van der Waals surface area contributed by atoms with E-state index in [4.69, 9.17) is 9.47 Å². The zero-order valence-electron chi connectivity index (χ0n) is 17.0. The van der Waals surface area contributed by atoms with Crippen molar-refractivity contribution in [3.05, 3.63) is 0 Å². The lowest BCUT2D eigenvalue weighted by Crippen LogP contribution is -2.48. The number of guanidine groups is 1. The number of halogens is 1. The predicted octanol–water partition coefficient (Wildman–Crippen LogP) is 1.86. The van der Waals surface area contributed by atoms with Crippen molar-refractivity contribution >= 4 is 35.8 Å². The van der Waals surface area contributed by atoms with Crippen molar-refractivity contribution in [2.45, 2.75) is 46.1 Å². The number of nitrogens with zero attached hydrogens (tertiary/aromatic N) is 2. The molecule has 1 aliphatic heterocycles. The fourth-order valence-electron chi connectivity index (χ4n) is 2.53. The highest BCUT2D eigenvalue weighted by atomic mass is 127. The number of nitrogens with one attached hydrogen (secondary N) is 2. The van der Waals surface area contributed by atoms with Gasteiger partial charge in [0.2, 0.25) is 5.91 Å². The van der Waals surface area contributed by atoms with Gasteiger partial charge in [-0.3, -0.25) is 9.79 Å². The van der Waals surface area contributed by atoms with Crippen LogP contribution in [0.3, 0.4) is 0 Å². The number of ether oxygens (including phenoxy) is 2. The van der Waals surface area contributed by atoms with Crippen molar-refractivity contribution < 1.29 is 14.3 Å². The Morgan fingerprint density at radius 2 is 2.12 bits per heavy atom. The molecule has 1 aliphatic rings. The van der Waals surface area contributed by atoms with E-state index in [-0.39, 0.29) is 42.0 Å². The summed E-state index contributed by atoms with van der Waals surface area (Å²) in [4.78, 5) is 18.5. The molecule has 8 heteroatoms. The Hall–Kier alpha value is -0.610. The van der Waals surface area contributed by atoms with E-state index in [1.54, 1.807) is 0 Å². The average molecular weight is 484 g/mol. The van der Waals surface area contributed by atoms with Crippen LogP contribution in [0.15, 0.2) is 4.99 Å². The zero-order valence-corrected chi connectivity index (χ0v) is 19.3. The highest BCUT2D eigenvalue weighted by molar-refractivity contribution is 14.0. The highest BCUT2D eigenvalue weighted by Gasteiger charge is 2.17. The molecule has 154 valence electrons. The summed E-state index contributed by atoms with van der Waals surface area (Å²) in [6.07, 6.45) is 1.97. The molecule has 0 aromatic heterocycles. The molecule has 0 aromatic rings. The molecular weight excluding hydrogens is 447 g/mol. The Balaban J connectivity index is 0.00000625. The molecule has 0 aromatic carbocycles. The molecule has 0 radical (unpaired) electrons. The third-order valence-corrected chi connectivity index (χ3v) is 3.68. The monoisotopic (exact) mass is 484 g/mol. The minimum Gasteiger partial charge on any atom is -0.381 e. The molecule has 1 fully saturated rings. The van der Waals surface area contributed by atoms with E-state index in [9.17, 15) is 4.79 Å². The van der Waals surface area contributed by atoms with Gasteiger partial charge in [-0.2, -0.15) is 0 Å². The SMILES string of the molecule is CCNC(=NCCCOCC1CCOC1)N(C)CC(=O)NC(C)(C)C.I. The van der Waals surface area contributed by atoms with E-state index in [0.717, 1.165) is 45.2 Å². The summed E-state index contributed by atoms with van der Waals surface area (Å²) in [5.41, 5.74) is -0.227. The van der Waals surface area contributed by atoms with Crippen LogP contribution in [-0.2, 0) is 14.3 Å². The fraction of sp³-hybridized carbons (Fsp3) is 0.889. The molecule has 1 atom stereocenters. The first-order valence-electron chi connectivity index (χ1n) is 9.27. The number of carbonyl (C=O) groups is 1. The van der Waals surface area contributed by atoms with Gasteiger partial charge in [-0.1, -0.05) is 0 Å². The Morgan fingerprint density at radius 1 is 1.38 bits per heavy atom. The van der Waals surface area contributed by atoms with Crippen LogP contribution in [0.25, 0.3) is 0 Å². The standard InChI is InChI=1S/C18H36N4O3.HI/c1-6-19-17(22(5)12-16(23)21-18(2,3)4)20-9-7-10-24-13-15-8-11-25-14-15;/h15H,6-14H2,1-5H3,(H,19,20)(H,21,23);1H. The van der Waals surface area contributed by atoms with Crippen molar-refractivity contribution in [1.82, 2.24) is 15.5 Å². The maximum atomic E-state index is 12.1. The third-order valence-electron chi connectivity index (χ3n) is 3.68. The summed E-state index contributed by atoms with van der Waals surface area (Å²) in [6, 6.07) is 0. The molecular formula is C18H37IN4O3. The van der Waals surface area contributed by atoms with Crippen molar-refractivity contribution in [2.75, 3.05) is 53.1 Å². The Labute approximate surface area is 175 Å². The average Bonchev–Trinajstić information content (AvgIpc) is 3.00.